The van der Waals surface area contributed by atoms with E-state index in [0.717, 1.165) is 12.8 Å². The van der Waals surface area contributed by atoms with E-state index >= 15 is 0 Å². The fourth-order valence-electron chi connectivity index (χ4n) is 2.34. The Kier molecular flexibility index (Phi) is 4.77. The number of hydrogen-bond acceptors (Lipinski definition) is 2. The maximum absolute atomic E-state index is 12.1. The number of rotatable bonds is 4. The van der Waals surface area contributed by atoms with E-state index in [1.807, 2.05) is 25.7 Å². The molecule has 1 rings (SSSR count). The van der Waals surface area contributed by atoms with E-state index < -0.39 is 0 Å². The maximum atomic E-state index is 12.1. The summed E-state index contributed by atoms with van der Waals surface area (Å²) in [6.45, 7) is 10.7. The lowest BCUT2D eigenvalue weighted by Crippen LogP contribution is -2.44. The molecular formula is C14H26N2O2. The van der Waals surface area contributed by atoms with Crippen molar-refractivity contribution in [2.75, 3.05) is 6.54 Å². The molecule has 1 N–H and O–H groups in total. The second-order valence-electron chi connectivity index (χ2n) is 6.10. The highest BCUT2D eigenvalue weighted by Crippen LogP contribution is 2.25. The van der Waals surface area contributed by atoms with Crippen molar-refractivity contribution in [1.82, 2.24) is 10.2 Å². The highest BCUT2D eigenvalue weighted by Gasteiger charge is 2.39. The van der Waals surface area contributed by atoms with Crippen molar-refractivity contribution < 1.29 is 9.59 Å². The molecule has 0 bridgehead atoms. The summed E-state index contributed by atoms with van der Waals surface area (Å²) < 4.78 is 0. The molecule has 1 fully saturated rings. The molecule has 18 heavy (non-hydrogen) atoms. The Labute approximate surface area is 110 Å². The van der Waals surface area contributed by atoms with Crippen molar-refractivity contribution >= 4 is 11.8 Å². The van der Waals surface area contributed by atoms with Gasteiger partial charge in [0.15, 0.2) is 0 Å². The van der Waals surface area contributed by atoms with Crippen LogP contribution in [0.15, 0.2) is 0 Å². The highest BCUT2D eigenvalue weighted by atomic mass is 16.2. The molecule has 104 valence electrons. The van der Waals surface area contributed by atoms with E-state index in [9.17, 15) is 9.59 Å². The first-order valence-corrected chi connectivity index (χ1v) is 6.90. The topological polar surface area (TPSA) is 49.4 Å². The van der Waals surface area contributed by atoms with Gasteiger partial charge >= 0.3 is 0 Å². The third-order valence-corrected chi connectivity index (χ3v) is 3.64. The third-order valence-electron chi connectivity index (χ3n) is 3.64. The predicted octanol–water partition coefficient (Wildman–Crippen LogP) is 1.94. The Morgan fingerprint density at radius 1 is 1.39 bits per heavy atom. The van der Waals surface area contributed by atoms with Gasteiger partial charge in [0.25, 0.3) is 0 Å². The van der Waals surface area contributed by atoms with E-state index in [1.165, 1.54) is 0 Å². The minimum absolute atomic E-state index is 0.0313. The molecule has 0 aromatic rings. The number of nitrogens with one attached hydrogen (secondary N) is 1. The van der Waals surface area contributed by atoms with Crippen LogP contribution < -0.4 is 5.32 Å². The first-order valence-electron chi connectivity index (χ1n) is 6.90. The average Bonchev–Trinajstić information content (AvgIpc) is 2.67. The SMILES string of the molecule is CCC(CC)NC(=O)C1CC(=O)N(C(C)(C)C)C1. The molecule has 0 aliphatic carbocycles. The summed E-state index contributed by atoms with van der Waals surface area (Å²) in [4.78, 5) is 25.8. The lowest BCUT2D eigenvalue weighted by atomic mass is 10.1. The Morgan fingerprint density at radius 3 is 2.33 bits per heavy atom. The second kappa shape index (κ2) is 5.72. The summed E-state index contributed by atoms with van der Waals surface area (Å²) >= 11 is 0. The van der Waals surface area contributed by atoms with Gasteiger partial charge in [0.2, 0.25) is 11.8 Å². The highest BCUT2D eigenvalue weighted by molar-refractivity contribution is 5.89. The number of amides is 2. The second-order valence-corrected chi connectivity index (χ2v) is 6.10. The van der Waals surface area contributed by atoms with E-state index in [-0.39, 0.29) is 29.3 Å². The molecule has 1 heterocycles. The molecule has 0 radical (unpaired) electrons. The molecular weight excluding hydrogens is 228 g/mol. The average molecular weight is 254 g/mol. The van der Waals surface area contributed by atoms with Crippen LogP contribution in [0.5, 0.6) is 0 Å². The Morgan fingerprint density at radius 2 is 1.94 bits per heavy atom. The van der Waals surface area contributed by atoms with Crippen LogP contribution in [0, 0.1) is 5.92 Å². The summed E-state index contributed by atoms with van der Waals surface area (Å²) in [6, 6.07) is 0.233. The van der Waals surface area contributed by atoms with Gasteiger partial charge in [-0.2, -0.15) is 0 Å². The Hall–Kier alpha value is -1.06. The number of hydrogen-bond donors (Lipinski definition) is 1. The van der Waals surface area contributed by atoms with Crippen LogP contribution in [-0.4, -0.2) is 34.8 Å². The van der Waals surface area contributed by atoms with Crippen LogP contribution in [0.4, 0.5) is 0 Å². The van der Waals surface area contributed by atoms with Gasteiger partial charge in [-0.3, -0.25) is 9.59 Å². The zero-order valence-electron chi connectivity index (χ0n) is 12.2. The number of nitrogens with zero attached hydrogens (tertiary/aromatic N) is 1. The number of carbonyl (C=O) groups excluding carboxylic acids is 2. The monoisotopic (exact) mass is 254 g/mol. The molecule has 0 aromatic heterocycles. The first-order chi connectivity index (χ1) is 8.29. The standard InChI is InChI=1S/C14H26N2O2/c1-6-11(7-2)15-13(18)10-8-12(17)16(9-10)14(3,4)5/h10-11H,6-9H2,1-5H3,(H,15,18). The van der Waals surface area contributed by atoms with E-state index in [4.69, 9.17) is 0 Å². The number of carbonyl (C=O) groups is 2. The van der Waals surface area contributed by atoms with Gasteiger partial charge < -0.3 is 10.2 Å². The van der Waals surface area contributed by atoms with Crippen LogP contribution in [-0.2, 0) is 9.59 Å². The Balaban J connectivity index is 2.60. The summed E-state index contributed by atoms with van der Waals surface area (Å²) in [6.07, 6.45) is 2.22. The van der Waals surface area contributed by atoms with Crippen molar-refractivity contribution in [1.29, 1.82) is 0 Å². The van der Waals surface area contributed by atoms with E-state index in [1.54, 1.807) is 0 Å². The molecule has 0 aromatic carbocycles. The lowest BCUT2D eigenvalue weighted by Gasteiger charge is -2.32. The molecule has 2 amide bonds. The predicted molar refractivity (Wildman–Crippen MR) is 72.1 cm³/mol. The van der Waals surface area contributed by atoms with Gasteiger partial charge in [0, 0.05) is 24.5 Å². The zero-order valence-corrected chi connectivity index (χ0v) is 12.2. The van der Waals surface area contributed by atoms with Gasteiger partial charge in [0.05, 0.1) is 5.92 Å². The molecule has 1 aliphatic rings. The van der Waals surface area contributed by atoms with Gasteiger partial charge in [-0.25, -0.2) is 0 Å². The van der Waals surface area contributed by atoms with Crippen molar-refractivity contribution in [3.05, 3.63) is 0 Å². The lowest BCUT2D eigenvalue weighted by molar-refractivity contribution is -0.132. The molecule has 1 saturated heterocycles. The smallest absolute Gasteiger partial charge is 0.225 e. The van der Waals surface area contributed by atoms with Crippen molar-refractivity contribution in [2.45, 2.75) is 65.5 Å². The fourth-order valence-corrected chi connectivity index (χ4v) is 2.34. The van der Waals surface area contributed by atoms with E-state index in [2.05, 4.69) is 19.2 Å². The summed E-state index contributed by atoms with van der Waals surface area (Å²) in [7, 11) is 0. The minimum atomic E-state index is -0.193. The minimum Gasteiger partial charge on any atom is -0.353 e. The van der Waals surface area contributed by atoms with Crippen LogP contribution >= 0.6 is 0 Å². The largest absolute Gasteiger partial charge is 0.353 e. The van der Waals surface area contributed by atoms with Gasteiger partial charge in [0.1, 0.15) is 0 Å². The zero-order chi connectivity index (χ0) is 13.9. The van der Waals surface area contributed by atoms with Crippen LogP contribution in [0.1, 0.15) is 53.9 Å². The van der Waals surface area contributed by atoms with Crippen LogP contribution in [0.25, 0.3) is 0 Å². The van der Waals surface area contributed by atoms with Crippen LogP contribution in [0.2, 0.25) is 0 Å². The summed E-state index contributed by atoms with van der Waals surface area (Å²) in [5.41, 5.74) is -0.193. The van der Waals surface area contributed by atoms with Crippen molar-refractivity contribution in [3.63, 3.8) is 0 Å². The van der Waals surface area contributed by atoms with Gasteiger partial charge in [-0.05, 0) is 33.6 Å². The Bertz CT molecular complexity index is 316. The molecule has 0 spiro atoms. The van der Waals surface area contributed by atoms with Gasteiger partial charge in [-0.15, -0.1) is 0 Å². The van der Waals surface area contributed by atoms with E-state index in [0.29, 0.717) is 13.0 Å². The third kappa shape index (κ3) is 3.47. The molecule has 4 heteroatoms. The quantitative estimate of drug-likeness (QED) is 0.833. The maximum Gasteiger partial charge on any atom is 0.225 e. The fraction of sp³-hybridized carbons (Fsp3) is 0.857. The molecule has 1 unspecified atom stereocenters. The first kappa shape index (κ1) is 15.0. The molecule has 1 atom stereocenters. The summed E-state index contributed by atoms with van der Waals surface area (Å²) in [5, 5.41) is 3.03. The van der Waals surface area contributed by atoms with Crippen LogP contribution in [0.3, 0.4) is 0 Å². The van der Waals surface area contributed by atoms with Crippen molar-refractivity contribution in [3.8, 4) is 0 Å². The molecule has 0 saturated carbocycles. The van der Waals surface area contributed by atoms with Crippen molar-refractivity contribution in [2.24, 2.45) is 5.92 Å². The molecule has 4 nitrogen and oxygen atoms in total. The summed E-state index contributed by atoms with van der Waals surface area (Å²) in [5.74, 6) is -0.0617. The number of likely N-dealkylation sites (tertiary alicyclic amines) is 1. The van der Waals surface area contributed by atoms with Gasteiger partial charge in [-0.1, -0.05) is 13.8 Å². The molecule has 1 aliphatic heterocycles. The normalized spacial score (nSPS) is 20.7.